The number of hydrogen-bond acceptors (Lipinski definition) is 6. The smallest absolute Gasteiger partial charge is 0.314 e. The summed E-state index contributed by atoms with van der Waals surface area (Å²) in [5.74, 6) is -1.08. The minimum absolute atomic E-state index is 0.0605. The van der Waals surface area contributed by atoms with E-state index in [1.807, 2.05) is 13.8 Å². The van der Waals surface area contributed by atoms with Crippen LogP contribution in [0, 0.1) is 5.92 Å². The van der Waals surface area contributed by atoms with Gasteiger partial charge < -0.3 is 19.5 Å². The number of carboxylic acid groups (broad SMARTS) is 1. The van der Waals surface area contributed by atoms with E-state index in [9.17, 15) is 15.0 Å². The molecule has 3 rings (SSSR count). The van der Waals surface area contributed by atoms with Crippen LogP contribution in [0.3, 0.4) is 0 Å². The van der Waals surface area contributed by atoms with Gasteiger partial charge in [0, 0.05) is 17.6 Å². The first kappa shape index (κ1) is 17.2. The Hall–Kier alpha value is -1.60. The molecule has 0 radical (unpaired) electrons. The standard InChI is InChI=1S/C17H26N2O5/c1-11(2)15(16(21)22)13-8-14(18-24-13)23-9-12-4-6-17(10-20)5-3-7-19(12)17/h8,11-12,15,20H,3-7,9-10H2,1-2H3,(H,21,22)/t12-,15?,17-/m0/s1. The molecule has 0 bridgehead atoms. The van der Waals surface area contributed by atoms with Crippen LogP contribution in [0.2, 0.25) is 0 Å². The van der Waals surface area contributed by atoms with Gasteiger partial charge >= 0.3 is 5.97 Å². The zero-order valence-corrected chi connectivity index (χ0v) is 14.3. The predicted octanol–water partition coefficient (Wildman–Crippen LogP) is 1.87. The Bertz CT molecular complexity index is 587. The van der Waals surface area contributed by atoms with E-state index in [4.69, 9.17) is 9.26 Å². The molecule has 2 N–H and O–H groups in total. The molecule has 1 aromatic rings. The second-order valence-electron chi connectivity index (χ2n) is 7.31. The Morgan fingerprint density at radius 3 is 3.00 bits per heavy atom. The molecule has 2 fully saturated rings. The fourth-order valence-electron chi connectivity index (χ4n) is 4.21. The van der Waals surface area contributed by atoms with Gasteiger partial charge in [-0.25, -0.2) is 0 Å². The average Bonchev–Trinajstić information content (AvgIpc) is 3.20. The third-order valence-corrected chi connectivity index (χ3v) is 5.50. The van der Waals surface area contributed by atoms with Crippen molar-refractivity contribution < 1.29 is 24.3 Å². The van der Waals surface area contributed by atoms with Crippen LogP contribution in [0.5, 0.6) is 5.88 Å². The summed E-state index contributed by atoms with van der Waals surface area (Å²) in [4.78, 5) is 13.7. The van der Waals surface area contributed by atoms with Crippen LogP contribution in [0.25, 0.3) is 0 Å². The number of aliphatic carboxylic acids is 1. The largest absolute Gasteiger partial charge is 0.481 e. The summed E-state index contributed by atoms with van der Waals surface area (Å²) in [7, 11) is 0. The molecule has 0 amide bonds. The lowest BCUT2D eigenvalue weighted by Gasteiger charge is -2.33. The Morgan fingerprint density at radius 1 is 1.54 bits per heavy atom. The van der Waals surface area contributed by atoms with Crippen molar-refractivity contribution in [2.75, 3.05) is 19.8 Å². The Kier molecular flexibility index (Phi) is 4.83. The van der Waals surface area contributed by atoms with Crippen molar-refractivity contribution in [3.05, 3.63) is 11.8 Å². The fraction of sp³-hybridized carbons (Fsp3) is 0.765. The lowest BCUT2D eigenvalue weighted by molar-refractivity contribution is -0.140. The molecule has 134 valence electrons. The lowest BCUT2D eigenvalue weighted by atomic mass is 9.94. The van der Waals surface area contributed by atoms with Crippen LogP contribution in [0.4, 0.5) is 0 Å². The van der Waals surface area contributed by atoms with Gasteiger partial charge in [-0.05, 0) is 43.3 Å². The Labute approximate surface area is 141 Å². The van der Waals surface area contributed by atoms with E-state index < -0.39 is 11.9 Å². The quantitative estimate of drug-likeness (QED) is 0.783. The first-order valence-electron chi connectivity index (χ1n) is 8.66. The van der Waals surface area contributed by atoms with E-state index in [0.717, 1.165) is 32.2 Å². The van der Waals surface area contributed by atoms with Gasteiger partial charge in [0.1, 0.15) is 12.5 Å². The van der Waals surface area contributed by atoms with Gasteiger partial charge in [-0.3, -0.25) is 9.69 Å². The van der Waals surface area contributed by atoms with Gasteiger partial charge in [-0.1, -0.05) is 13.8 Å². The summed E-state index contributed by atoms with van der Waals surface area (Å²) in [6, 6.07) is 1.84. The summed E-state index contributed by atoms with van der Waals surface area (Å²) in [6.07, 6.45) is 4.15. The molecule has 0 saturated carbocycles. The van der Waals surface area contributed by atoms with Crippen molar-refractivity contribution >= 4 is 5.97 Å². The van der Waals surface area contributed by atoms with Crippen molar-refractivity contribution in [3.63, 3.8) is 0 Å². The normalized spacial score (nSPS) is 28.2. The van der Waals surface area contributed by atoms with E-state index >= 15 is 0 Å². The topological polar surface area (TPSA) is 96.0 Å². The highest BCUT2D eigenvalue weighted by Gasteiger charge is 2.48. The number of carboxylic acids is 1. The van der Waals surface area contributed by atoms with Crippen molar-refractivity contribution in [2.24, 2.45) is 5.92 Å². The van der Waals surface area contributed by atoms with Crippen molar-refractivity contribution in [3.8, 4) is 5.88 Å². The van der Waals surface area contributed by atoms with Crippen LogP contribution in [-0.4, -0.2) is 57.6 Å². The first-order chi connectivity index (χ1) is 11.5. The first-order valence-corrected chi connectivity index (χ1v) is 8.66. The minimum atomic E-state index is -0.923. The molecule has 1 aromatic heterocycles. The second-order valence-corrected chi connectivity index (χ2v) is 7.31. The molecule has 7 heteroatoms. The molecule has 1 unspecified atom stereocenters. The highest BCUT2D eigenvalue weighted by molar-refractivity contribution is 5.75. The number of rotatable bonds is 7. The van der Waals surface area contributed by atoms with Gasteiger partial charge in [0.2, 0.25) is 0 Å². The number of aromatic nitrogens is 1. The van der Waals surface area contributed by atoms with E-state index in [-0.39, 0.29) is 24.1 Å². The van der Waals surface area contributed by atoms with Crippen LogP contribution in [-0.2, 0) is 4.79 Å². The van der Waals surface area contributed by atoms with E-state index in [1.165, 1.54) is 0 Å². The number of nitrogens with zero attached hydrogens (tertiary/aromatic N) is 2. The minimum Gasteiger partial charge on any atom is -0.481 e. The number of carbonyl (C=O) groups is 1. The fourth-order valence-corrected chi connectivity index (χ4v) is 4.21. The van der Waals surface area contributed by atoms with Crippen LogP contribution in [0.15, 0.2) is 10.6 Å². The highest BCUT2D eigenvalue weighted by Crippen LogP contribution is 2.42. The van der Waals surface area contributed by atoms with Crippen LogP contribution >= 0.6 is 0 Å². The van der Waals surface area contributed by atoms with Gasteiger partial charge in [-0.15, -0.1) is 0 Å². The zero-order valence-electron chi connectivity index (χ0n) is 14.3. The number of fused-ring (bicyclic) bond motifs is 1. The summed E-state index contributed by atoms with van der Waals surface area (Å²) >= 11 is 0. The van der Waals surface area contributed by atoms with Crippen molar-refractivity contribution in [2.45, 2.75) is 57.0 Å². The Morgan fingerprint density at radius 2 is 2.33 bits per heavy atom. The Balaban J connectivity index is 1.61. The maximum absolute atomic E-state index is 11.4. The lowest BCUT2D eigenvalue weighted by Crippen LogP contribution is -2.46. The maximum atomic E-state index is 11.4. The van der Waals surface area contributed by atoms with Gasteiger partial charge in [0.15, 0.2) is 5.76 Å². The molecule has 3 atom stereocenters. The molecule has 3 heterocycles. The van der Waals surface area contributed by atoms with Crippen molar-refractivity contribution in [1.29, 1.82) is 0 Å². The zero-order chi connectivity index (χ0) is 17.3. The van der Waals surface area contributed by atoms with E-state index in [0.29, 0.717) is 18.2 Å². The molecular formula is C17H26N2O5. The highest BCUT2D eigenvalue weighted by atomic mass is 16.5. The molecule has 7 nitrogen and oxygen atoms in total. The van der Waals surface area contributed by atoms with Crippen LogP contribution < -0.4 is 4.74 Å². The van der Waals surface area contributed by atoms with E-state index in [1.54, 1.807) is 6.07 Å². The number of aliphatic hydroxyl groups excluding tert-OH is 1. The maximum Gasteiger partial charge on any atom is 0.314 e. The summed E-state index contributed by atoms with van der Waals surface area (Å²) in [5.41, 5.74) is -0.0605. The molecular weight excluding hydrogens is 312 g/mol. The summed E-state index contributed by atoms with van der Waals surface area (Å²) in [5, 5.41) is 22.9. The SMILES string of the molecule is CC(C)C(C(=O)O)c1cc(OC[C@@H]2CC[C@]3(CO)CCCN23)no1. The summed E-state index contributed by atoms with van der Waals surface area (Å²) in [6.45, 7) is 5.34. The third kappa shape index (κ3) is 3.02. The van der Waals surface area contributed by atoms with Gasteiger partial charge in [-0.2, -0.15) is 0 Å². The molecule has 0 spiro atoms. The number of ether oxygens (including phenoxy) is 1. The number of hydrogen-bond donors (Lipinski definition) is 2. The van der Waals surface area contributed by atoms with Gasteiger partial charge in [0.25, 0.3) is 5.88 Å². The number of aliphatic hydroxyl groups is 1. The second kappa shape index (κ2) is 6.72. The molecule has 24 heavy (non-hydrogen) atoms. The van der Waals surface area contributed by atoms with Crippen LogP contribution in [0.1, 0.15) is 51.2 Å². The average molecular weight is 338 g/mol. The molecule has 2 aliphatic heterocycles. The van der Waals surface area contributed by atoms with E-state index in [2.05, 4.69) is 10.1 Å². The summed E-state index contributed by atoms with van der Waals surface area (Å²) < 4.78 is 10.9. The van der Waals surface area contributed by atoms with Gasteiger partial charge in [0.05, 0.1) is 6.61 Å². The monoisotopic (exact) mass is 338 g/mol. The van der Waals surface area contributed by atoms with Crippen molar-refractivity contribution in [1.82, 2.24) is 10.1 Å². The molecule has 2 saturated heterocycles. The third-order valence-electron chi connectivity index (χ3n) is 5.50. The predicted molar refractivity (Wildman–Crippen MR) is 86.0 cm³/mol. The molecule has 0 aromatic carbocycles. The molecule has 0 aliphatic carbocycles. The molecule has 2 aliphatic rings.